The van der Waals surface area contributed by atoms with Crippen LogP contribution in [0.4, 0.5) is 13.2 Å². The average molecular weight is 294 g/mol. The van der Waals surface area contributed by atoms with E-state index in [2.05, 4.69) is 27.6 Å². The molecule has 0 amide bonds. The number of hydrogen-bond acceptors (Lipinski definition) is 2. The van der Waals surface area contributed by atoms with Crippen LogP contribution in [-0.4, -0.2) is 56.8 Å². The molecule has 0 aromatic carbocycles. The fraction of sp³-hybridized carbons (Fsp3) is 0.923. The van der Waals surface area contributed by atoms with E-state index in [1.54, 1.807) is 0 Å². The summed E-state index contributed by atoms with van der Waals surface area (Å²) in [4.78, 5) is 6.66. The standard InChI is InChI=1S/C13H25F3N4/c1-3-17-12(18-7-6-13(14,15)16)19-9-11-5-4-8-20(2)10-11/h11H,3-10H2,1-2H3,(H2,17,18,19). The lowest BCUT2D eigenvalue weighted by molar-refractivity contribution is -0.132. The Bertz CT molecular complexity index is 304. The molecule has 1 fully saturated rings. The van der Waals surface area contributed by atoms with Crippen molar-refractivity contribution in [1.29, 1.82) is 0 Å². The molecule has 0 saturated carbocycles. The second-order valence-corrected chi connectivity index (χ2v) is 5.28. The first-order valence-corrected chi connectivity index (χ1v) is 7.18. The van der Waals surface area contributed by atoms with Crippen molar-refractivity contribution in [1.82, 2.24) is 15.5 Å². The Balaban J connectivity index is 2.37. The van der Waals surface area contributed by atoms with Crippen molar-refractivity contribution in [2.45, 2.75) is 32.4 Å². The summed E-state index contributed by atoms with van der Waals surface area (Å²) in [6.45, 7) is 5.18. The lowest BCUT2D eigenvalue weighted by atomic mass is 9.99. The van der Waals surface area contributed by atoms with E-state index >= 15 is 0 Å². The van der Waals surface area contributed by atoms with Crippen molar-refractivity contribution in [2.24, 2.45) is 10.9 Å². The summed E-state index contributed by atoms with van der Waals surface area (Å²) in [6, 6.07) is 0. The van der Waals surface area contributed by atoms with Crippen molar-refractivity contribution in [3.63, 3.8) is 0 Å². The summed E-state index contributed by atoms with van der Waals surface area (Å²) in [7, 11) is 2.09. The van der Waals surface area contributed by atoms with E-state index < -0.39 is 12.6 Å². The monoisotopic (exact) mass is 294 g/mol. The first kappa shape index (κ1) is 17.1. The molecule has 1 rings (SSSR count). The third-order valence-electron chi connectivity index (χ3n) is 3.27. The number of rotatable bonds is 5. The Labute approximate surface area is 118 Å². The molecule has 1 atom stereocenters. The van der Waals surface area contributed by atoms with Crippen molar-refractivity contribution >= 4 is 5.96 Å². The average Bonchev–Trinajstić information content (AvgIpc) is 2.34. The predicted octanol–water partition coefficient (Wildman–Crippen LogP) is 1.84. The number of piperidine rings is 1. The van der Waals surface area contributed by atoms with Crippen molar-refractivity contribution in [2.75, 3.05) is 39.8 Å². The molecule has 20 heavy (non-hydrogen) atoms. The lowest BCUT2D eigenvalue weighted by Crippen LogP contribution is -2.40. The van der Waals surface area contributed by atoms with Crippen LogP contribution < -0.4 is 10.6 Å². The van der Waals surface area contributed by atoms with E-state index in [1.807, 2.05) is 6.92 Å². The zero-order valence-corrected chi connectivity index (χ0v) is 12.3. The summed E-state index contributed by atoms with van der Waals surface area (Å²) in [5.74, 6) is 0.969. The molecule has 0 aromatic heterocycles. The third-order valence-corrected chi connectivity index (χ3v) is 3.27. The number of nitrogens with one attached hydrogen (secondary N) is 2. The van der Waals surface area contributed by atoms with Crippen LogP contribution in [0.25, 0.3) is 0 Å². The lowest BCUT2D eigenvalue weighted by Gasteiger charge is -2.28. The second-order valence-electron chi connectivity index (χ2n) is 5.28. The minimum Gasteiger partial charge on any atom is -0.357 e. The quantitative estimate of drug-likeness (QED) is 0.600. The van der Waals surface area contributed by atoms with Gasteiger partial charge in [0.1, 0.15) is 0 Å². The number of alkyl halides is 3. The number of nitrogens with zero attached hydrogens (tertiary/aromatic N) is 2. The highest BCUT2D eigenvalue weighted by Gasteiger charge is 2.26. The second kappa shape index (κ2) is 8.34. The maximum atomic E-state index is 12.1. The molecular weight excluding hydrogens is 269 g/mol. The van der Waals surface area contributed by atoms with Gasteiger partial charge in [-0.25, -0.2) is 0 Å². The number of likely N-dealkylation sites (tertiary alicyclic amines) is 1. The van der Waals surface area contributed by atoms with Gasteiger partial charge in [-0.15, -0.1) is 0 Å². The topological polar surface area (TPSA) is 39.7 Å². The van der Waals surface area contributed by atoms with Crippen molar-refractivity contribution < 1.29 is 13.2 Å². The Morgan fingerprint density at radius 3 is 2.70 bits per heavy atom. The van der Waals surface area contributed by atoms with E-state index in [4.69, 9.17) is 0 Å². The molecule has 1 aliphatic rings. The zero-order valence-electron chi connectivity index (χ0n) is 12.3. The highest BCUT2D eigenvalue weighted by atomic mass is 19.4. The van der Waals surface area contributed by atoms with Gasteiger partial charge in [-0.3, -0.25) is 4.99 Å². The molecule has 1 heterocycles. The van der Waals surface area contributed by atoms with Crippen LogP contribution in [0.2, 0.25) is 0 Å². The molecule has 1 aliphatic heterocycles. The normalized spacial score (nSPS) is 21.9. The van der Waals surface area contributed by atoms with Crippen LogP contribution in [0.3, 0.4) is 0 Å². The van der Waals surface area contributed by atoms with Gasteiger partial charge in [-0.1, -0.05) is 0 Å². The molecule has 118 valence electrons. The first-order valence-electron chi connectivity index (χ1n) is 7.18. The molecule has 1 saturated heterocycles. The Kier molecular flexibility index (Phi) is 7.12. The fourth-order valence-electron chi connectivity index (χ4n) is 2.31. The van der Waals surface area contributed by atoms with Crippen LogP contribution in [0.5, 0.6) is 0 Å². The van der Waals surface area contributed by atoms with Gasteiger partial charge in [0, 0.05) is 26.2 Å². The zero-order chi connectivity index (χ0) is 15.0. The van der Waals surface area contributed by atoms with Crippen LogP contribution in [0, 0.1) is 5.92 Å². The van der Waals surface area contributed by atoms with Gasteiger partial charge >= 0.3 is 6.18 Å². The maximum Gasteiger partial charge on any atom is 0.390 e. The minimum absolute atomic E-state index is 0.139. The molecule has 0 aromatic rings. The molecule has 1 unspecified atom stereocenters. The SMILES string of the molecule is CCNC(=NCC1CCCN(C)C1)NCCC(F)(F)F. The van der Waals surface area contributed by atoms with Gasteiger partial charge < -0.3 is 15.5 Å². The molecule has 0 radical (unpaired) electrons. The molecule has 0 spiro atoms. The smallest absolute Gasteiger partial charge is 0.357 e. The molecule has 4 nitrogen and oxygen atoms in total. The molecule has 0 bridgehead atoms. The Hall–Kier alpha value is -0.980. The van der Waals surface area contributed by atoms with Crippen LogP contribution in [0.15, 0.2) is 4.99 Å². The van der Waals surface area contributed by atoms with Crippen molar-refractivity contribution in [3.05, 3.63) is 0 Å². The first-order chi connectivity index (χ1) is 9.40. The van der Waals surface area contributed by atoms with E-state index in [0.717, 1.165) is 25.9 Å². The van der Waals surface area contributed by atoms with Gasteiger partial charge in [-0.05, 0) is 39.3 Å². The summed E-state index contributed by atoms with van der Waals surface area (Å²) < 4.78 is 36.3. The van der Waals surface area contributed by atoms with E-state index in [0.29, 0.717) is 25.0 Å². The Morgan fingerprint density at radius 1 is 1.35 bits per heavy atom. The summed E-state index contributed by atoms with van der Waals surface area (Å²) in [6.07, 6.45) is -2.68. The molecule has 0 aliphatic carbocycles. The maximum absolute atomic E-state index is 12.1. The highest BCUT2D eigenvalue weighted by molar-refractivity contribution is 5.79. The predicted molar refractivity (Wildman–Crippen MR) is 74.9 cm³/mol. The molecule has 2 N–H and O–H groups in total. The van der Waals surface area contributed by atoms with Gasteiger partial charge in [0.2, 0.25) is 0 Å². The van der Waals surface area contributed by atoms with E-state index in [1.165, 1.54) is 0 Å². The molecular formula is C13H25F3N4. The fourth-order valence-corrected chi connectivity index (χ4v) is 2.31. The van der Waals surface area contributed by atoms with Gasteiger partial charge in [0.05, 0.1) is 6.42 Å². The van der Waals surface area contributed by atoms with Crippen LogP contribution in [-0.2, 0) is 0 Å². The number of aliphatic imine (C=N–C) groups is 1. The number of halogens is 3. The summed E-state index contributed by atoms with van der Waals surface area (Å²) in [5.41, 5.74) is 0. The number of guanidine groups is 1. The van der Waals surface area contributed by atoms with Gasteiger partial charge in [0.15, 0.2) is 5.96 Å². The van der Waals surface area contributed by atoms with E-state index in [9.17, 15) is 13.2 Å². The van der Waals surface area contributed by atoms with Crippen molar-refractivity contribution in [3.8, 4) is 0 Å². The van der Waals surface area contributed by atoms with Gasteiger partial charge in [0.25, 0.3) is 0 Å². The molecule has 7 heteroatoms. The van der Waals surface area contributed by atoms with E-state index in [-0.39, 0.29) is 6.54 Å². The Morgan fingerprint density at radius 2 is 2.10 bits per heavy atom. The number of hydrogen-bond donors (Lipinski definition) is 2. The highest BCUT2D eigenvalue weighted by Crippen LogP contribution is 2.18. The third kappa shape index (κ3) is 7.57. The minimum atomic E-state index is -4.13. The van der Waals surface area contributed by atoms with Crippen LogP contribution in [0.1, 0.15) is 26.2 Å². The summed E-state index contributed by atoms with van der Waals surface area (Å²) in [5, 5.41) is 5.71. The largest absolute Gasteiger partial charge is 0.390 e. The van der Waals surface area contributed by atoms with Crippen LogP contribution >= 0.6 is 0 Å². The summed E-state index contributed by atoms with van der Waals surface area (Å²) >= 11 is 0. The van der Waals surface area contributed by atoms with Gasteiger partial charge in [-0.2, -0.15) is 13.2 Å².